The summed E-state index contributed by atoms with van der Waals surface area (Å²) in [6.45, 7) is 0.587. The molecule has 2 aromatic carbocycles. The summed E-state index contributed by atoms with van der Waals surface area (Å²) in [6, 6.07) is 13.4. The minimum atomic E-state index is -0.292. The molecule has 28 heavy (non-hydrogen) atoms. The van der Waals surface area contributed by atoms with Crippen LogP contribution in [0.2, 0.25) is 0 Å². The largest absolute Gasteiger partial charge is 0.497 e. The summed E-state index contributed by atoms with van der Waals surface area (Å²) in [5.74, 6) is 0.686. The number of rotatable bonds is 4. The van der Waals surface area contributed by atoms with Gasteiger partial charge in [0.05, 0.1) is 25.8 Å². The van der Waals surface area contributed by atoms with E-state index in [1.54, 1.807) is 48.8 Å². The molecule has 3 aromatic rings. The number of hydrogen-bond donors (Lipinski definition) is 0. The van der Waals surface area contributed by atoms with Crippen LogP contribution in [0.4, 0.5) is 4.39 Å². The summed E-state index contributed by atoms with van der Waals surface area (Å²) in [5.41, 5.74) is 2.47. The van der Waals surface area contributed by atoms with Crippen LogP contribution in [0.3, 0.4) is 0 Å². The molecule has 1 atom stereocenters. The monoisotopic (exact) mass is 397 g/mol. The molecule has 1 amide bonds. The van der Waals surface area contributed by atoms with Gasteiger partial charge in [-0.1, -0.05) is 12.1 Å². The molecule has 1 aromatic heterocycles. The second-order valence-corrected chi connectivity index (χ2v) is 7.57. The lowest BCUT2D eigenvalue weighted by atomic mass is 9.92. The molecular formula is C22H20FNO3S. The average Bonchev–Trinajstić information content (AvgIpc) is 3.21. The second kappa shape index (κ2) is 7.64. The van der Waals surface area contributed by atoms with Crippen molar-refractivity contribution in [3.8, 4) is 11.5 Å². The molecule has 1 aliphatic rings. The fraction of sp³-hybridized carbons (Fsp3) is 0.227. The lowest BCUT2D eigenvalue weighted by molar-refractivity contribution is 0.0692. The molecule has 0 aliphatic carbocycles. The summed E-state index contributed by atoms with van der Waals surface area (Å²) >= 11 is 1.70. The summed E-state index contributed by atoms with van der Waals surface area (Å²) in [4.78, 5) is 16.6. The Morgan fingerprint density at radius 1 is 1.11 bits per heavy atom. The van der Waals surface area contributed by atoms with Crippen molar-refractivity contribution < 1.29 is 18.7 Å². The second-order valence-electron chi connectivity index (χ2n) is 6.57. The Kier molecular flexibility index (Phi) is 5.05. The van der Waals surface area contributed by atoms with E-state index >= 15 is 0 Å². The summed E-state index contributed by atoms with van der Waals surface area (Å²) in [6.07, 6.45) is 0.801. The van der Waals surface area contributed by atoms with Crippen molar-refractivity contribution in [3.05, 3.63) is 81.3 Å². The number of benzene rings is 2. The number of methoxy groups -OCH3 is 2. The predicted octanol–water partition coefficient (Wildman–Crippen LogP) is 4.69. The lowest BCUT2D eigenvalue weighted by Gasteiger charge is -2.36. The van der Waals surface area contributed by atoms with Gasteiger partial charge in [0.25, 0.3) is 5.91 Å². The van der Waals surface area contributed by atoms with Gasteiger partial charge in [0.2, 0.25) is 0 Å². The van der Waals surface area contributed by atoms with Crippen molar-refractivity contribution >= 4 is 17.2 Å². The van der Waals surface area contributed by atoms with Gasteiger partial charge in [-0.2, -0.15) is 0 Å². The van der Waals surface area contributed by atoms with Crippen molar-refractivity contribution in [3.63, 3.8) is 0 Å². The van der Waals surface area contributed by atoms with Crippen LogP contribution in [0, 0.1) is 5.82 Å². The lowest BCUT2D eigenvalue weighted by Crippen LogP contribution is -2.40. The molecule has 0 saturated carbocycles. The summed E-state index contributed by atoms with van der Waals surface area (Å²) in [7, 11) is 3.11. The molecule has 0 spiro atoms. The van der Waals surface area contributed by atoms with Gasteiger partial charge in [0.1, 0.15) is 17.3 Å². The zero-order chi connectivity index (χ0) is 19.7. The maximum Gasteiger partial charge on any atom is 0.258 e. The van der Waals surface area contributed by atoms with Crippen molar-refractivity contribution in [2.75, 3.05) is 20.8 Å². The van der Waals surface area contributed by atoms with E-state index in [2.05, 4.69) is 6.07 Å². The maximum atomic E-state index is 13.5. The van der Waals surface area contributed by atoms with Crippen molar-refractivity contribution in [1.82, 2.24) is 4.90 Å². The number of thiophene rings is 1. The Bertz CT molecular complexity index is 999. The van der Waals surface area contributed by atoms with Crippen LogP contribution in [0.15, 0.2) is 53.9 Å². The minimum absolute atomic E-state index is 0.120. The van der Waals surface area contributed by atoms with Crippen LogP contribution < -0.4 is 9.47 Å². The molecule has 0 radical (unpaired) electrons. The third kappa shape index (κ3) is 3.24. The molecule has 0 saturated heterocycles. The molecule has 0 fully saturated rings. The van der Waals surface area contributed by atoms with Crippen LogP contribution in [-0.2, 0) is 6.42 Å². The molecule has 2 heterocycles. The van der Waals surface area contributed by atoms with Gasteiger partial charge in [-0.3, -0.25) is 4.79 Å². The van der Waals surface area contributed by atoms with Gasteiger partial charge >= 0.3 is 0 Å². The van der Waals surface area contributed by atoms with Crippen LogP contribution in [-0.4, -0.2) is 31.6 Å². The fourth-order valence-electron chi connectivity index (χ4n) is 3.67. The SMILES string of the molecule is COc1ccc(C(=O)N2CCc3sccc3C2c2ccc(F)cc2)c(OC)c1. The number of carbonyl (C=O) groups is 1. The van der Waals surface area contributed by atoms with E-state index in [0.717, 1.165) is 17.5 Å². The van der Waals surface area contributed by atoms with Gasteiger partial charge in [0, 0.05) is 17.5 Å². The molecule has 0 bridgehead atoms. The smallest absolute Gasteiger partial charge is 0.258 e. The Morgan fingerprint density at radius 3 is 2.61 bits per heavy atom. The Morgan fingerprint density at radius 2 is 1.89 bits per heavy atom. The van der Waals surface area contributed by atoms with Crippen molar-refractivity contribution in [1.29, 1.82) is 0 Å². The molecule has 1 aliphatic heterocycles. The van der Waals surface area contributed by atoms with Crippen molar-refractivity contribution in [2.45, 2.75) is 12.5 Å². The summed E-state index contributed by atoms with van der Waals surface area (Å²) in [5, 5.41) is 2.04. The Labute approximate surface area is 167 Å². The predicted molar refractivity (Wildman–Crippen MR) is 107 cm³/mol. The number of hydrogen-bond acceptors (Lipinski definition) is 4. The topological polar surface area (TPSA) is 38.8 Å². The third-order valence-electron chi connectivity index (χ3n) is 5.05. The first-order chi connectivity index (χ1) is 13.6. The van der Waals surface area contributed by atoms with E-state index in [1.165, 1.54) is 24.1 Å². The normalized spacial score (nSPS) is 15.8. The molecule has 1 unspecified atom stereocenters. The molecule has 4 nitrogen and oxygen atoms in total. The quantitative estimate of drug-likeness (QED) is 0.641. The molecule has 0 N–H and O–H groups in total. The number of halogens is 1. The van der Waals surface area contributed by atoms with Crippen LogP contribution in [0.1, 0.15) is 32.4 Å². The fourth-order valence-corrected chi connectivity index (χ4v) is 4.57. The van der Waals surface area contributed by atoms with Gasteiger partial charge in [-0.15, -0.1) is 11.3 Å². The first-order valence-electron chi connectivity index (χ1n) is 8.97. The van der Waals surface area contributed by atoms with Gasteiger partial charge in [-0.05, 0) is 53.3 Å². The molecular weight excluding hydrogens is 377 g/mol. The van der Waals surface area contributed by atoms with E-state index in [4.69, 9.17) is 9.47 Å². The summed E-state index contributed by atoms with van der Waals surface area (Å²) < 4.78 is 24.1. The zero-order valence-corrected chi connectivity index (χ0v) is 16.5. The highest BCUT2D eigenvalue weighted by molar-refractivity contribution is 7.10. The van der Waals surface area contributed by atoms with Crippen LogP contribution >= 0.6 is 11.3 Å². The van der Waals surface area contributed by atoms with Crippen LogP contribution in [0.5, 0.6) is 11.5 Å². The van der Waals surface area contributed by atoms with Gasteiger partial charge in [0.15, 0.2) is 0 Å². The highest BCUT2D eigenvalue weighted by Gasteiger charge is 2.34. The number of fused-ring (bicyclic) bond motifs is 1. The number of amides is 1. The highest BCUT2D eigenvalue weighted by Crippen LogP contribution is 2.39. The zero-order valence-electron chi connectivity index (χ0n) is 15.6. The van der Waals surface area contributed by atoms with E-state index in [9.17, 15) is 9.18 Å². The number of ether oxygens (including phenoxy) is 2. The van der Waals surface area contributed by atoms with Gasteiger partial charge < -0.3 is 14.4 Å². The highest BCUT2D eigenvalue weighted by atomic mass is 32.1. The third-order valence-corrected chi connectivity index (χ3v) is 6.05. The Balaban J connectivity index is 1.77. The maximum absolute atomic E-state index is 13.5. The molecule has 144 valence electrons. The molecule has 4 rings (SSSR count). The van der Waals surface area contributed by atoms with Crippen molar-refractivity contribution in [2.24, 2.45) is 0 Å². The van der Waals surface area contributed by atoms with E-state index in [0.29, 0.717) is 23.6 Å². The van der Waals surface area contributed by atoms with E-state index < -0.39 is 0 Å². The average molecular weight is 397 g/mol. The number of carbonyl (C=O) groups excluding carboxylic acids is 1. The van der Waals surface area contributed by atoms with Crippen LogP contribution in [0.25, 0.3) is 0 Å². The van der Waals surface area contributed by atoms with E-state index in [1.807, 2.05) is 10.3 Å². The van der Waals surface area contributed by atoms with E-state index in [-0.39, 0.29) is 17.8 Å². The Hall–Kier alpha value is -2.86. The number of nitrogens with zero attached hydrogens (tertiary/aromatic N) is 1. The first-order valence-corrected chi connectivity index (χ1v) is 9.85. The standard InChI is InChI=1S/C22H20FNO3S/c1-26-16-7-8-17(19(13-16)27-2)22(25)24-11-9-20-18(10-12-28-20)21(24)14-3-5-15(23)6-4-14/h3-8,10,12-13,21H,9,11H2,1-2H3. The minimum Gasteiger partial charge on any atom is -0.497 e. The molecule has 6 heteroatoms. The first kappa shape index (κ1) is 18.5. The van der Waals surface area contributed by atoms with Gasteiger partial charge in [-0.25, -0.2) is 4.39 Å².